The highest BCUT2D eigenvalue weighted by Crippen LogP contribution is 2.22. The molecule has 29 heavy (non-hydrogen) atoms. The molecule has 9 heteroatoms. The van der Waals surface area contributed by atoms with Crippen molar-refractivity contribution in [1.29, 1.82) is 0 Å². The summed E-state index contributed by atoms with van der Waals surface area (Å²) in [5.41, 5.74) is -0.0167. The van der Waals surface area contributed by atoms with Crippen molar-refractivity contribution in [2.45, 2.75) is 52.2 Å². The number of halogens is 1. The number of hydrogen-bond acceptors (Lipinski definition) is 7. The molecule has 1 aliphatic heterocycles. The third-order valence-electron chi connectivity index (χ3n) is 4.33. The number of nitrogens with zero attached hydrogens (tertiary/aromatic N) is 4. The first-order valence-electron chi connectivity index (χ1n) is 9.55. The van der Waals surface area contributed by atoms with E-state index < -0.39 is 5.60 Å². The zero-order chi connectivity index (χ0) is 21.0. The number of amides is 1. The Labute approximate surface area is 169 Å². The van der Waals surface area contributed by atoms with Crippen LogP contribution in [0.1, 0.15) is 39.2 Å². The van der Waals surface area contributed by atoms with Crippen molar-refractivity contribution in [2.24, 2.45) is 0 Å². The Balaban J connectivity index is 1.54. The van der Waals surface area contributed by atoms with E-state index in [2.05, 4.69) is 20.3 Å². The molecule has 0 saturated carbocycles. The summed E-state index contributed by atoms with van der Waals surface area (Å²) in [6.07, 6.45) is 3.57. The van der Waals surface area contributed by atoms with Gasteiger partial charge in [0.2, 0.25) is 5.88 Å². The molecular formula is C20H26FN5O3. The smallest absolute Gasteiger partial charge is 0.410 e. The molecular weight excluding hydrogens is 377 g/mol. The molecule has 156 valence electrons. The minimum Gasteiger partial charge on any atom is -0.474 e. The van der Waals surface area contributed by atoms with Gasteiger partial charge in [0.05, 0.1) is 6.20 Å². The van der Waals surface area contributed by atoms with Crippen LogP contribution >= 0.6 is 0 Å². The van der Waals surface area contributed by atoms with Gasteiger partial charge in [-0.3, -0.25) is 0 Å². The van der Waals surface area contributed by atoms with Crippen LogP contribution < -0.4 is 10.1 Å². The van der Waals surface area contributed by atoms with E-state index in [1.807, 2.05) is 20.8 Å². The number of ether oxygens (including phenoxy) is 2. The van der Waals surface area contributed by atoms with E-state index in [1.165, 1.54) is 6.33 Å². The summed E-state index contributed by atoms with van der Waals surface area (Å²) in [4.78, 5) is 26.1. The molecule has 0 aliphatic carbocycles. The molecule has 0 bridgehead atoms. The van der Waals surface area contributed by atoms with Crippen molar-refractivity contribution >= 4 is 17.7 Å². The van der Waals surface area contributed by atoms with Gasteiger partial charge in [0.15, 0.2) is 0 Å². The minimum absolute atomic E-state index is 0.0531. The third kappa shape index (κ3) is 6.00. The molecule has 1 aliphatic rings. The SMILES string of the molecule is Cc1cc(Nc2cc(OC3CCN(C(=O)OC(C)(C)C)CC3)ncn2)ncc1F. The number of carbonyl (C=O) groups is 1. The molecule has 8 nitrogen and oxygen atoms in total. The Kier molecular flexibility index (Phi) is 6.14. The Morgan fingerprint density at radius 1 is 1.17 bits per heavy atom. The van der Waals surface area contributed by atoms with Crippen LogP contribution in [0.3, 0.4) is 0 Å². The number of rotatable bonds is 4. The summed E-state index contributed by atoms with van der Waals surface area (Å²) >= 11 is 0. The highest BCUT2D eigenvalue weighted by molar-refractivity contribution is 5.68. The molecule has 1 fully saturated rings. The van der Waals surface area contributed by atoms with Gasteiger partial charge in [0.25, 0.3) is 0 Å². The fraction of sp³-hybridized carbons (Fsp3) is 0.500. The number of anilines is 2. The number of aromatic nitrogens is 3. The van der Waals surface area contributed by atoms with E-state index in [9.17, 15) is 9.18 Å². The van der Waals surface area contributed by atoms with E-state index >= 15 is 0 Å². The first-order valence-corrected chi connectivity index (χ1v) is 9.55. The molecule has 1 N–H and O–H groups in total. The van der Waals surface area contributed by atoms with Gasteiger partial charge in [-0.15, -0.1) is 0 Å². The maximum absolute atomic E-state index is 13.4. The van der Waals surface area contributed by atoms with Gasteiger partial charge in [0.1, 0.15) is 35.5 Å². The van der Waals surface area contributed by atoms with E-state index in [-0.39, 0.29) is 18.0 Å². The van der Waals surface area contributed by atoms with Crippen LogP contribution in [-0.4, -0.2) is 50.7 Å². The lowest BCUT2D eigenvalue weighted by atomic mass is 10.1. The minimum atomic E-state index is -0.507. The largest absolute Gasteiger partial charge is 0.474 e. The quantitative estimate of drug-likeness (QED) is 0.829. The second-order valence-electron chi connectivity index (χ2n) is 7.97. The second kappa shape index (κ2) is 8.59. The molecule has 0 aromatic carbocycles. The predicted octanol–water partition coefficient (Wildman–Crippen LogP) is 3.84. The average molecular weight is 403 g/mol. The fourth-order valence-corrected chi connectivity index (χ4v) is 2.86. The van der Waals surface area contributed by atoms with Gasteiger partial charge in [-0.2, -0.15) is 0 Å². The maximum atomic E-state index is 13.4. The molecule has 0 atom stereocenters. The van der Waals surface area contributed by atoms with Gasteiger partial charge < -0.3 is 19.7 Å². The molecule has 1 saturated heterocycles. The average Bonchev–Trinajstić information content (AvgIpc) is 2.64. The van der Waals surface area contributed by atoms with Crippen LogP contribution in [0.5, 0.6) is 5.88 Å². The van der Waals surface area contributed by atoms with Crippen molar-refractivity contribution in [2.75, 3.05) is 18.4 Å². The molecule has 0 unspecified atom stereocenters. The second-order valence-corrected chi connectivity index (χ2v) is 7.97. The first kappa shape index (κ1) is 20.8. The lowest BCUT2D eigenvalue weighted by Crippen LogP contribution is -2.44. The van der Waals surface area contributed by atoms with Crippen molar-refractivity contribution < 1.29 is 18.7 Å². The van der Waals surface area contributed by atoms with E-state index in [1.54, 1.807) is 24.0 Å². The van der Waals surface area contributed by atoms with Crippen molar-refractivity contribution in [3.63, 3.8) is 0 Å². The monoisotopic (exact) mass is 403 g/mol. The van der Waals surface area contributed by atoms with Crippen LogP contribution in [0.15, 0.2) is 24.7 Å². The van der Waals surface area contributed by atoms with Crippen LogP contribution in [0.4, 0.5) is 20.8 Å². The van der Waals surface area contributed by atoms with Gasteiger partial charge in [-0.25, -0.2) is 24.1 Å². The number of pyridine rings is 1. The highest BCUT2D eigenvalue weighted by atomic mass is 19.1. The molecule has 2 aromatic rings. The number of aryl methyl sites for hydroxylation is 1. The standard InChI is InChI=1S/C20H26FN5O3/c1-13-9-16(22-11-15(13)21)25-17-10-18(24-12-23-17)28-14-5-7-26(8-6-14)19(27)29-20(2,3)4/h9-12,14H,5-8H2,1-4H3,(H,22,23,24,25). The maximum Gasteiger partial charge on any atom is 0.410 e. The Bertz CT molecular complexity index is 863. The molecule has 0 spiro atoms. The zero-order valence-corrected chi connectivity index (χ0v) is 17.1. The van der Waals surface area contributed by atoms with Crippen molar-refractivity contribution in [3.8, 4) is 5.88 Å². The van der Waals surface area contributed by atoms with Crippen LogP contribution in [-0.2, 0) is 4.74 Å². The van der Waals surface area contributed by atoms with Gasteiger partial charge in [0, 0.05) is 32.0 Å². The lowest BCUT2D eigenvalue weighted by Gasteiger charge is -2.33. The summed E-state index contributed by atoms with van der Waals surface area (Å²) in [6, 6.07) is 3.27. The predicted molar refractivity (Wildman–Crippen MR) is 106 cm³/mol. The normalized spacial score (nSPS) is 15.1. The third-order valence-corrected chi connectivity index (χ3v) is 4.33. The number of carbonyl (C=O) groups excluding carboxylic acids is 1. The topological polar surface area (TPSA) is 89.5 Å². The van der Waals surface area contributed by atoms with E-state index in [4.69, 9.17) is 9.47 Å². The lowest BCUT2D eigenvalue weighted by molar-refractivity contribution is 0.0123. The summed E-state index contributed by atoms with van der Waals surface area (Å²) in [5, 5.41) is 3.01. The van der Waals surface area contributed by atoms with Crippen molar-refractivity contribution in [3.05, 3.63) is 36.0 Å². The Morgan fingerprint density at radius 2 is 1.86 bits per heavy atom. The number of hydrogen-bond donors (Lipinski definition) is 1. The molecule has 3 heterocycles. The molecule has 1 amide bonds. The van der Waals surface area contributed by atoms with Gasteiger partial charge >= 0.3 is 6.09 Å². The van der Waals surface area contributed by atoms with Gasteiger partial charge in [-0.05, 0) is 39.3 Å². The zero-order valence-electron chi connectivity index (χ0n) is 17.1. The van der Waals surface area contributed by atoms with Crippen LogP contribution in [0.25, 0.3) is 0 Å². The first-order chi connectivity index (χ1) is 13.7. The summed E-state index contributed by atoms with van der Waals surface area (Å²) in [7, 11) is 0. The van der Waals surface area contributed by atoms with Gasteiger partial charge in [-0.1, -0.05) is 0 Å². The summed E-state index contributed by atoms with van der Waals surface area (Å²) in [6.45, 7) is 8.35. The van der Waals surface area contributed by atoms with Crippen LogP contribution in [0.2, 0.25) is 0 Å². The number of piperidine rings is 1. The van der Waals surface area contributed by atoms with E-state index in [0.717, 1.165) is 6.20 Å². The molecule has 0 radical (unpaired) electrons. The summed E-state index contributed by atoms with van der Waals surface area (Å²) < 4.78 is 24.7. The Hall–Kier alpha value is -2.97. The number of likely N-dealkylation sites (tertiary alicyclic amines) is 1. The Morgan fingerprint density at radius 3 is 2.52 bits per heavy atom. The summed E-state index contributed by atoms with van der Waals surface area (Å²) in [5.74, 6) is 1.05. The van der Waals surface area contributed by atoms with E-state index in [0.29, 0.717) is 49.0 Å². The van der Waals surface area contributed by atoms with Crippen molar-refractivity contribution in [1.82, 2.24) is 19.9 Å². The highest BCUT2D eigenvalue weighted by Gasteiger charge is 2.27. The van der Waals surface area contributed by atoms with Crippen LogP contribution in [0, 0.1) is 12.7 Å². The molecule has 3 rings (SSSR count). The fourth-order valence-electron chi connectivity index (χ4n) is 2.86. The number of nitrogens with one attached hydrogen (secondary N) is 1. The molecule has 2 aromatic heterocycles.